The van der Waals surface area contributed by atoms with Crippen LogP contribution in [0.15, 0.2) is 55.1 Å². The lowest BCUT2D eigenvalue weighted by Crippen LogP contribution is -2.10. The van der Waals surface area contributed by atoms with Gasteiger partial charge in [0, 0.05) is 18.0 Å². The summed E-state index contributed by atoms with van der Waals surface area (Å²) in [5.74, 6) is -0.158. The zero-order valence-corrected chi connectivity index (χ0v) is 19.2. The maximum atomic E-state index is 14.3. The number of nitrogens with zero attached hydrogens (tertiary/aromatic N) is 10. The van der Waals surface area contributed by atoms with Gasteiger partial charge in [0.2, 0.25) is 0 Å². The van der Waals surface area contributed by atoms with Crippen molar-refractivity contribution >= 4 is 27.8 Å². The van der Waals surface area contributed by atoms with E-state index in [9.17, 15) is 9.65 Å². The van der Waals surface area contributed by atoms with Gasteiger partial charge in [-0.1, -0.05) is 17.3 Å². The number of rotatable bonds is 4. The molecular formula is C24H18FN11. The Labute approximate surface area is 203 Å². The Kier molecular flexibility index (Phi) is 4.72. The van der Waals surface area contributed by atoms with Gasteiger partial charge < -0.3 is 5.73 Å². The van der Waals surface area contributed by atoms with Crippen LogP contribution in [0.5, 0.6) is 0 Å². The summed E-state index contributed by atoms with van der Waals surface area (Å²) < 4.78 is 19.0. The molecule has 4 aromatic heterocycles. The number of hydrogen-bond donors (Lipinski definition) is 1. The van der Waals surface area contributed by atoms with E-state index in [1.807, 2.05) is 14.0 Å². The van der Waals surface area contributed by atoms with Crippen molar-refractivity contribution in [3.8, 4) is 23.0 Å². The molecule has 6 rings (SSSR count). The number of aromatic nitrogens is 9. The smallest absolute Gasteiger partial charge is 0.164 e. The fourth-order valence-corrected chi connectivity index (χ4v) is 4.31. The van der Waals surface area contributed by atoms with E-state index >= 15 is 0 Å². The van der Waals surface area contributed by atoms with E-state index in [1.165, 1.54) is 17.1 Å². The molecule has 0 saturated carbocycles. The molecular weight excluding hydrogens is 461 g/mol. The molecule has 0 radical (unpaired) electrons. The number of fused-ring (bicyclic) bond motifs is 2. The highest BCUT2D eigenvalue weighted by atomic mass is 19.1. The number of hydrogen-bond acceptors (Lipinski definition) is 8. The van der Waals surface area contributed by atoms with Crippen molar-refractivity contribution in [2.75, 3.05) is 5.73 Å². The monoisotopic (exact) mass is 479 g/mol. The number of benzene rings is 2. The van der Waals surface area contributed by atoms with E-state index in [-0.39, 0.29) is 11.5 Å². The van der Waals surface area contributed by atoms with Crippen LogP contribution >= 0.6 is 0 Å². The second-order valence-corrected chi connectivity index (χ2v) is 8.30. The lowest BCUT2D eigenvalue weighted by molar-refractivity contribution is 0.565. The molecule has 0 aliphatic carbocycles. The Morgan fingerprint density at radius 2 is 2.00 bits per heavy atom. The highest BCUT2D eigenvalue weighted by Gasteiger charge is 2.24. The fraction of sp³-hybridized carbons (Fsp3) is 0.125. The van der Waals surface area contributed by atoms with Crippen molar-refractivity contribution in [1.29, 1.82) is 5.26 Å². The number of halogens is 1. The quantitative estimate of drug-likeness (QED) is 0.406. The molecule has 0 aliphatic heterocycles. The maximum absolute atomic E-state index is 14.3. The van der Waals surface area contributed by atoms with Crippen LogP contribution in [-0.2, 0) is 7.05 Å². The van der Waals surface area contributed by atoms with Crippen LogP contribution in [0.2, 0.25) is 0 Å². The summed E-state index contributed by atoms with van der Waals surface area (Å²) in [7, 11) is 1.81. The molecule has 0 bridgehead atoms. The summed E-state index contributed by atoms with van der Waals surface area (Å²) in [5.41, 5.74) is 10.1. The van der Waals surface area contributed by atoms with E-state index < -0.39 is 11.9 Å². The summed E-state index contributed by atoms with van der Waals surface area (Å²) >= 11 is 0. The first kappa shape index (κ1) is 21.4. The summed E-state index contributed by atoms with van der Waals surface area (Å²) in [6.45, 7) is 1.88. The van der Waals surface area contributed by atoms with Crippen LogP contribution in [-0.4, -0.2) is 44.5 Å². The van der Waals surface area contributed by atoms with Gasteiger partial charge in [-0.25, -0.2) is 23.7 Å². The number of nitrogen functional groups attached to an aromatic ring is 1. The molecule has 6 aromatic rings. The van der Waals surface area contributed by atoms with Crippen LogP contribution in [0.4, 0.5) is 10.2 Å². The first-order valence-corrected chi connectivity index (χ1v) is 11.0. The van der Waals surface area contributed by atoms with Crippen molar-refractivity contribution in [3.63, 3.8) is 0 Å². The minimum Gasteiger partial charge on any atom is -0.383 e. The lowest BCUT2D eigenvalue weighted by atomic mass is 10.0. The first-order valence-electron chi connectivity index (χ1n) is 11.0. The van der Waals surface area contributed by atoms with Crippen LogP contribution < -0.4 is 5.73 Å². The molecule has 1 atom stereocenters. The molecule has 11 nitrogen and oxygen atoms in total. The molecule has 0 spiro atoms. The van der Waals surface area contributed by atoms with Gasteiger partial charge in [-0.15, -0.1) is 5.10 Å². The van der Waals surface area contributed by atoms with E-state index in [0.717, 1.165) is 10.9 Å². The van der Waals surface area contributed by atoms with Gasteiger partial charge >= 0.3 is 0 Å². The Morgan fingerprint density at radius 3 is 2.81 bits per heavy atom. The second-order valence-electron chi connectivity index (χ2n) is 8.30. The summed E-state index contributed by atoms with van der Waals surface area (Å²) in [6, 6.07) is 11.6. The van der Waals surface area contributed by atoms with Crippen LogP contribution in [0.1, 0.15) is 24.2 Å². The number of anilines is 1. The standard InChI is InChI=1S/C24H18FN11/c1-13(18-11-35(33-31-18)19-6-4-3-5-17(19)25)36-24-21(23(27)28-12-29-24)22(32-36)15-7-14(9-26)8-20-16(15)10-30-34(20)2/h3-8,10-13H,1-2H3,(H2,27,28,29). The third kappa shape index (κ3) is 3.17. The molecule has 0 amide bonds. The SMILES string of the molecule is CC(c1cn(-c2ccccc2F)nn1)n1nc(-c2cc(C#N)cc3c2cnn3C)c2c(N)ncnc21. The minimum atomic E-state index is -0.431. The normalized spacial score (nSPS) is 12.3. The van der Waals surface area contributed by atoms with Crippen molar-refractivity contribution in [1.82, 2.24) is 44.5 Å². The number of nitrogens with two attached hydrogens (primary N) is 1. The molecule has 176 valence electrons. The molecule has 2 aromatic carbocycles. The van der Waals surface area contributed by atoms with E-state index in [4.69, 9.17) is 10.8 Å². The molecule has 12 heteroatoms. The van der Waals surface area contributed by atoms with Crippen molar-refractivity contribution < 1.29 is 4.39 Å². The van der Waals surface area contributed by atoms with Gasteiger partial charge in [-0.05, 0) is 31.2 Å². The largest absolute Gasteiger partial charge is 0.383 e. The van der Waals surface area contributed by atoms with Gasteiger partial charge in [0.15, 0.2) is 5.65 Å². The fourth-order valence-electron chi connectivity index (χ4n) is 4.31. The predicted octanol–water partition coefficient (Wildman–Crippen LogP) is 3.16. The molecule has 0 saturated heterocycles. The molecule has 2 N–H and O–H groups in total. The maximum Gasteiger partial charge on any atom is 0.164 e. The molecule has 36 heavy (non-hydrogen) atoms. The molecule has 1 unspecified atom stereocenters. The molecule has 0 fully saturated rings. The van der Waals surface area contributed by atoms with Crippen LogP contribution in [0.3, 0.4) is 0 Å². The molecule has 4 heterocycles. The molecule has 0 aliphatic rings. The number of aryl methyl sites for hydroxylation is 1. The minimum absolute atomic E-state index is 0.253. The highest BCUT2D eigenvalue weighted by molar-refractivity contribution is 6.05. The van der Waals surface area contributed by atoms with Gasteiger partial charge in [0.1, 0.15) is 35.0 Å². The lowest BCUT2D eigenvalue weighted by Gasteiger charge is -2.09. The van der Waals surface area contributed by atoms with Crippen LogP contribution in [0, 0.1) is 17.1 Å². The van der Waals surface area contributed by atoms with E-state index in [0.29, 0.717) is 33.5 Å². The van der Waals surface area contributed by atoms with Crippen molar-refractivity contribution in [3.05, 3.63) is 72.2 Å². The topological polar surface area (TPSA) is 142 Å². The zero-order valence-electron chi connectivity index (χ0n) is 19.2. The van der Waals surface area contributed by atoms with Gasteiger partial charge in [-0.2, -0.15) is 15.5 Å². The summed E-state index contributed by atoms with van der Waals surface area (Å²) in [4.78, 5) is 8.62. The Bertz CT molecular complexity index is 1820. The van der Waals surface area contributed by atoms with Crippen LogP contribution in [0.25, 0.3) is 38.9 Å². The number of para-hydroxylation sites is 1. The second kappa shape index (κ2) is 7.95. The first-order chi connectivity index (χ1) is 17.5. The van der Waals surface area contributed by atoms with E-state index in [2.05, 4.69) is 31.4 Å². The van der Waals surface area contributed by atoms with E-state index in [1.54, 1.807) is 52.1 Å². The average molecular weight is 479 g/mol. The van der Waals surface area contributed by atoms with Crippen molar-refractivity contribution in [2.45, 2.75) is 13.0 Å². The Hall–Kier alpha value is -5.18. The third-order valence-electron chi connectivity index (χ3n) is 6.17. The third-order valence-corrected chi connectivity index (χ3v) is 6.17. The number of nitriles is 1. The zero-order chi connectivity index (χ0) is 25.0. The average Bonchev–Trinajstić information content (AvgIpc) is 3.62. The van der Waals surface area contributed by atoms with Gasteiger partial charge in [-0.3, -0.25) is 4.68 Å². The summed E-state index contributed by atoms with van der Waals surface area (Å²) in [5, 5.41) is 28.6. The van der Waals surface area contributed by atoms with Gasteiger partial charge in [0.05, 0.1) is 41.0 Å². The highest BCUT2D eigenvalue weighted by Crippen LogP contribution is 2.37. The Morgan fingerprint density at radius 1 is 1.17 bits per heavy atom. The van der Waals surface area contributed by atoms with Crippen molar-refractivity contribution in [2.24, 2.45) is 7.05 Å². The Balaban J connectivity index is 1.54. The predicted molar refractivity (Wildman–Crippen MR) is 129 cm³/mol. The summed E-state index contributed by atoms with van der Waals surface area (Å²) in [6.07, 6.45) is 4.74. The van der Waals surface area contributed by atoms with Gasteiger partial charge in [0.25, 0.3) is 0 Å².